The Kier molecular flexibility index (Phi) is 2.93. The van der Waals surface area contributed by atoms with Crippen LogP contribution in [-0.4, -0.2) is 15.0 Å². The highest BCUT2D eigenvalue weighted by Gasteiger charge is 2.08. The number of hydrogen-bond acceptors (Lipinski definition) is 3. The molecule has 0 aliphatic rings. The van der Waals surface area contributed by atoms with Gasteiger partial charge in [-0.15, -0.1) is 0 Å². The summed E-state index contributed by atoms with van der Waals surface area (Å²) < 4.78 is 0. The molecule has 0 unspecified atom stereocenters. The van der Waals surface area contributed by atoms with Gasteiger partial charge in [-0.2, -0.15) is 5.26 Å². The molecular weight excluding hydrogens is 312 g/mol. The lowest BCUT2D eigenvalue weighted by molar-refractivity contribution is 1.20. The number of imidazole rings is 1. The van der Waals surface area contributed by atoms with Crippen LogP contribution in [0.25, 0.3) is 33.2 Å². The molecule has 0 radical (unpaired) electrons. The second kappa shape index (κ2) is 4.97. The lowest BCUT2D eigenvalue weighted by atomic mass is 10.0. The standard InChI is InChI=1S/C17H9ClN4O/c18-13-5-9(8-19)1-3-12(13)10-2-4-14-11(6-10)7-15-16(20-14)22-17(23)21-15/h1-7H,(H2,20,21,22,23). The van der Waals surface area contributed by atoms with E-state index in [1.165, 1.54) is 0 Å². The Labute approximate surface area is 135 Å². The summed E-state index contributed by atoms with van der Waals surface area (Å²) in [5.74, 6) is 0. The van der Waals surface area contributed by atoms with Crippen molar-refractivity contribution in [2.45, 2.75) is 0 Å². The first-order chi connectivity index (χ1) is 11.1. The van der Waals surface area contributed by atoms with E-state index in [9.17, 15) is 4.79 Å². The zero-order chi connectivity index (χ0) is 16.0. The van der Waals surface area contributed by atoms with E-state index in [2.05, 4.69) is 21.0 Å². The number of fused-ring (bicyclic) bond motifs is 2. The van der Waals surface area contributed by atoms with Crippen molar-refractivity contribution in [1.29, 1.82) is 5.26 Å². The van der Waals surface area contributed by atoms with Gasteiger partial charge in [-0.25, -0.2) is 9.78 Å². The molecule has 2 N–H and O–H groups in total. The highest BCUT2D eigenvalue weighted by molar-refractivity contribution is 6.33. The van der Waals surface area contributed by atoms with Gasteiger partial charge in [0.15, 0.2) is 5.65 Å². The molecule has 0 aliphatic carbocycles. The van der Waals surface area contributed by atoms with Crippen LogP contribution in [0, 0.1) is 11.3 Å². The third-order valence-corrected chi connectivity index (χ3v) is 4.02. The summed E-state index contributed by atoms with van der Waals surface area (Å²) in [6.45, 7) is 0. The Bertz CT molecular complexity index is 1170. The van der Waals surface area contributed by atoms with Gasteiger partial charge in [0.2, 0.25) is 0 Å². The van der Waals surface area contributed by atoms with Crippen LogP contribution in [0.2, 0.25) is 5.02 Å². The summed E-state index contributed by atoms with van der Waals surface area (Å²) in [6, 6.07) is 14.9. The highest BCUT2D eigenvalue weighted by Crippen LogP contribution is 2.31. The van der Waals surface area contributed by atoms with Gasteiger partial charge in [0.25, 0.3) is 0 Å². The van der Waals surface area contributed by atoms with Crippen molar-refractivity contribution in [1.82, 2.24) is 15.0 Å². The second-order valence-electron chi connectivity index (χ2n) is 5.18. The number of nitrogens with one attached hydrogen (secondary N) is 2. The van der Waals surface area contributed by atoms with E-state index in [0.717, 1.165) is 22.0 Å². The summed E-state index contributed by atoms with van der Waals surface area (Å²) in [5.41, 5.74) is 3.98. The van der Waals surface area contributed by atoms with Gasteiger partial charge in [-0.3, -0.25) is 4.98 Å². The Morgan fingerprint density at radius 1 is 1.09 bits per heavy atom. The predicted octanol–water partition coefficient (Wildman–Crippen LogP) is 3.60. The first kappa shape index (κ1) is 13.6. The fraction of sp³-hybridized carbons (Fsp3) is 0. The van der Waals surface area contributed by atoms with Gasteiger partial charge in [-0.1, -0.05) is 23.7 Å². The van der Waals surface area contributed by atoms with Crippen LogP contribution in [0.5, 0.6) is 0 Å². The summed E-state index contributed by atoms with van der Waals surface area (Å²) in [4.78, 5) is 21.1. The molecule has 6 heteroatoms. The summed E-state index contributed by atoms with van der Waals surface area (Å²) in [5, 5.41) is 10.3. The number of benzene rings is 2. The Hall–Kier alpha value is -3.10. The zero-order valence-corrected chi connectivity index (χ0v) is 12.5. The van der Waals surface area contributed by atoms with Crippen LogP contribution in [0.4, 0.5) is 0 Å². The number of nitrogens with zero attached hydrogens (tertiary/aromatic N) is 2. The van der Waals surface area contributed by atoms with Crippen LogP contribution in [-0.2, 0) is 0 Å². The lowest BCUT2D eigenvalue weighted by Gasteiger charge is -2.06. The molecule has 2 aromatic carbocycles. The normalized spacial score (nSPS) is 11.0. The van der Waals surface area contributed by atoms with E-state index in [0.29, 0.717) is 21.7 Å². The van der Waals surface area contributed by atoms with E-state index in [1.807, 2.05) is 30.3 Å². The molecule has 2 aromatic heterocycles. The maximum Gasteiger partial charge on any atom is 0.325 e. The molecule has 0 saturated carbocycles. The van der Waals surface area contributed by atoms with Crippen molar-refractivity contribution in [3.63, 3.8) is 0 Å². The molecule has 4 rings (SSSR count). The number of H-pyrrole nitrogens is 2. The molecule has 0 atom stereocenters. The number of hydrogen-bond donors (Lipinski definition) is 2. The smallest absolute Gasteiger partial charge is 0.304 e. The Balaban J connectivity index is 1.93. The fourth-order valence-corrected chi connectivity index (χ4v) is 2.90. The molecule has 0 spiro atoms. The van der Waals surface area contributed by atoms with Crippen molar-refractivity contribution in [3.05, 3.63) is 63.5 Å². The second-order valence-corrected chi connectivity index (χ2v) is 5.58. The minimum Gasteiger partial charge on any atom is -0.304 e. The van der Waals surface area contributed by atoms with Crippen LogP contribution < -0.4 is 5.69 Å². The van der Waals surface area contributed by atoms with E-state index in [4.69, 9.17) is 16.9 Å². The molecular formula is C17H9ClN4O. The van der Waals surface area contributed by atoms with E-state index in [1.54, 1.807) is 12.1 Å². The third kappa shape index (κ3) is 2.26. The fourth-order valence-electron chi connectivity index (χ4n) is 2.61. The minimum atomic E-state index is -0.279. The van der Waals surface area contributed by atoms with E-state index in [-0.39, 0.29) is 5.69 Å². The first-order valence-electron chi connectivity index (χ1n) is 6.87. The van der Waals surface area contributed by atoms with Crippen LogP contribution in [0.15, 0.2) is 47.3 Å². The topological polar surface area (TPSA) is 85.3 Å². The minimum absolute atomic E-state index is 0.279. The SMILES string of the molecule is N#Cc1ccc(-c2ccc3nc4[nH]c(=O)[nH]c4cc3c2)c(Cl)c1. The van der Waals surface area contributed by atoms with Crippen LogP contribution >= 0.6 is 11.6 Å². The molecule has 4 aromatic rings. The van der Waals surface area contributed by atoms with Gasteiger partial charge < -0.3 is 4.98 Å². The van der Waals surface area contributed by atoms with Gasteiger partial charge in [0.05, 0.1) is 22.7 Å². The largest absolute Gasteiger partial charge is 0.325 e. The molecule has 23 heavy (non-hydrogen) atoms. The number of rotatable bonds is 1. The highest BCUT2D eigenvalue weighted by atomic mass is 35.5. The number of aromatic nitrogens is 3. The summed E-state index contributed by atoms with van der Waals surface area (Å²) >= 11 is 6.27. The molecule has 5 nitrogen and oxygen atoms in total. The summed E-state index contributed by atoms with van der Waals surface area (Å²) in [6.07, 6.45) is 0. The monoisotopic (exact) mass is 320 g/mol. The average Bonchev–Trinajstić information content (AvgIpc) is 2.90. The van der Waals surface area contributed by atoms with Crippen molar-refractivity contribution >= 4 is 33.7 Å². The zero-order valence-electron chi connectivity index (χ0n) is 11.7. The number of nitriles is 1. The van der Waals surface area contributed by atoms with Crippen molar-refractivity contribution in [3.8, 4) is 17.2 Å². The molecule has 110 valence electrons. The number of halogens is 1. The maximum atomic E-state index is 11.4. The predicted molar refractivity (Wildman–Crippen MR) is 89.4 cm³/mol. The number of aromatic amines is 2. The lowest BCUT2D eigenvalue weighted by Crippen LogP contribution is -1.99. The van der Waals surface area contributed by atoms with Gasteiger partial charge >= 0.3 is 5.69 Å². The molecule has 0 amide bonds. The maximum absolute atomic E-state index is 11.4. The van der Waals surface area contributed by atoms with Gasteiger partial charge in [0, 0.05) is 16.0 Å². The summed E-state index contributed by atoms with van der Waals surface area (Å²) in [7, 11) is 0. The first-order valence-corrected chi connectivity index (χ1v) is 7.25. The van der Waals surface area contributed by atoms with Crippen molar-refractivity contribution < 1.29 is 0 Å². The quantitative estimate of drug-likeness (QED) is 0.562. The van der Waals surface area contributed by atoms with Crippen LogP contribution in [0.3, 0.4) is 0 Å². The van der Waals surface area contributed by atoms with Crippen LogP contribution in [0.1, 0.15) is 5.56 Å². The molecule has 2 heterocycles. The molecule has 0 bridgehead atoms. The number of pyridine rings is 1. The van der Waals surface area contributed by atoms with Crippen molar-refractivity contribution in [2.24, 2.45) is 0 Å². The Morgan fingerprint density at radius 3 is 2.74 bits per heavy atom. The van der Waals surface area contributed by atoms with E-state index < -0.39 is 0 Å². The van der Waals surface area contributed by atoms with Gasteiger partial charge in [-0.05, 0) is 35.9 Å². The van der Waals surface area contributed by atoms with Gasteiger partial charge in [0.1, 0.15) is 0 Å². The van der Waals surface area contributed by atoms with Crippen molar-refractivity contribution in [2.75, 3.05) is 0 Å². The average molecular weight is 321 g/mol. The molecule has 0 aliphatic heterocycles. The van der Waals surface area contributed by atoms with E-state index >= 15 is 0 Å². The molecule has 0 saturated heterocycles. The molecule has 0 fully saturated rings. The third-order valence-electron chi connectivity index (χ3n) is 3.70. The Morgan fingerprint density at radius 2 is 1.96 bits per heavy atom.